The topological polar surface area (TPSA) is 54.0 Å². The van der Waals surface area contributed by atoms with Crippen LogP contribution in [0.5, 0.6) is 0 Å². The molecule has 0 bridgehead atoms. The number of nitrogens with zero attached hydrogens (tertiary/aromatic N) is 1. The third-order valence-corrected chi connectivity index (χ3v) is 3.81. The Hall–Kier alpha value is -0.650. The van der Waals surface area contributed by atoms with Crippen molar-refractivity contribution >= 4 is 34.8 Å². The zero-order chi connectivity index (χ0) is 9.60. The van der Waals surface area contributed by atoms with E-state index >= 15 is 0 Å². The zero-order valence-corrected chi connectivity index (χ0v) is 9.66. The maximum Gasteiger partial charge on any atom is 0.229 e. The molecule has 1 aliphatic carbocycles. The van der Waals surface area contributed by atoms with Crippen LogP contribution in [0.2, 0.25) is 0 Å². The lowest BCUT2D eigenvalue weighted by atomic mass is 9.96. The van der Waals surface area contributed by atoms with Crippen LogP contribution in [-0.4, -0.2) is 24.0 Å². The first kappa shape index (κ1) is 10.9. The Morgan fingerprint density at radius 1 is 1.67 bits per heavy atom. The standard InChI is InChI=1S/C9H11N3OS.ClH/c13-7(12-8-11-1-2-14-8)6-3-9(6)4-10-5-9;/h1-2,6,10H,3-5H2,(H,11,12,13);1H. The molecule has 1 atom stereocenters. The van der Waals surface area contributed by atoms with E-state index in [1.807, 2.05) is 5.38 Å². The third kappa shape index (κ3) is 1.75. The van der Waals surface area contributed by atoms with Crippen LogP contribution in [0.1, 0.15) is 6.42 Å². The second kappa shape index (κ2) is 3.73. The Morgan fingerprint density at radius 3 is 2.93 bits per heavy atom. The third-order valence-electron chi connectivity index (χ3n) is 3.12. The number of hydrogen-bond donors (Lipinski definition) is 2. The molecule has 3 rings (SSSR count). The van der Waals surface area contributed by atoms with Crippen molar-refractivity contribution < 1.29 is 4.79 Å². The fraction of sp³-hybridized carbons (Fsp3) is 0.556. The molecule has 2 fully saturated rings. The van der Waals surface area contributed by atoms with Gasteiger partial charge in [-0.3, -0.25) is 4.79 Å². The van der Waals surface area contributed by atoms with Crippen molar-refractivity contribution in [1.29, 1.82) is 0 Å². The number of thiazole rings is 1. The number of amides is 1. The normalized spacial score (nSPS) is 25.2. The molecule has 1 aromatic rings. The predicted molar refractivity (Wildman–Crippen MR) is 61.4 cm³/mol. The number of anilines is 1. The largest absolute Gasteiger partial charge is 0.315 e. The monoisotopic (exact) mass is 245 g/mol. The van der Waals surface area contributed by atoms with E-state index in [4.69, 9.17) is 0 Å². The van der Waals surface area contributed by atoms with Gasteiger partial charge in [0.05, 0.1) is 0 Å². The van der Waals surface area contributed by atoms with Crippen LogP contribution < -0.4 is 10.6 Å². The summed E-state index contributed by atoms with van der Waals surface area (Å²) in [6.45, 7) is 2.01. The highest BCUT2D eigenvalue weighted by Gasteiger charge is 2.61. The smallest absolute Gasteiger partial charge is 0.229 e. The van der Waals surface area contributed by atoms with E-state index in [-0.39, 0.29) is 24.2 Å². The molecule has 1 aliphatic heterocycles. The second-order valence-electron chi connectivity index (χ2n) is 4.05. The first-order chi connectivity index (χ1) is 6.80. The summed E-state index contributed by atoms with van der Waals surface area (Å²) in [7, 11) is 0. The van der Waals surface area contributed by atoms with Gasteiger partial charge >= 0.3 is 0 Å². The SMILES string of the molecule is Cl.O=C(Nc1nccs1)C1CC12CNC2. The minimum Gasteiger partial charge on any atom is -0.315 e. The summed E-state index contributed by atoms with van der Waals surface area (Å²) in [6.07, 6.45) is 2.74. The molecule has 15 heavy (non-hydrogen) atoms. The van der Waals surface area contributed by atoms with Gasteiger partial charge < -0.3 is 10.6 Å². The summed E-state index contributed by atoms with van der Waals surface area (Å²) in [6, 6.07) is 0. The molecular weight excluding hydrogens is 234 g/mol. The number of halogens is 1. The van der Waals surface area contributed by atoms with Gasteiger partial charge in [0.15, 0.2) is 5.13 Å². The molecule has 1 amide bonds. The highest BCUT2D eigenvalue weighted by Crippen LogP contribution is 2.55. The second-order valence-corrected chi connectivity index (χ2v) is 4.94. The molecule has 4 nitrogen and oxygen atoms in total. The molecule has 82 valence electrons. The first-order valence-corrected chi connectivity index (χ1v) is 5.59. The first-order valence-electron chi connectivity index (χ1n) is 4.71. The number of rotatable bonds is 2. The average molecular weight is 246 g/mol. The Kier molecular flexibility index (Phi) is 2.70. The van der Waals surface area contributed by atoms with Crippen LogP contribution in [0.15, 0.2) is 11.6 Å². The Morgan fingerprint density at radius 2 is 2.47 bits per heavy atom. The van der Waals surface area contributed by atoms with Crippen molar-refractivity contribution in [2.45, 2.75) is 6.42 Å². The molecule has 1 aromatic heterocycles. The van der Waals surface area contributed by atoms with Gasteiger partial charge in [-0.15, -0.1) is 23.7 Å². The molecule has 1 saturated heterocycles. The van der Waals surface area contributed by atoms with Crippen LogP contribution in [0.4, 0.5) is 5.13 Å². The Balaban J connectivity index is 0.000000853. The summed E-state index contributed by atoms with van der Waals surface area (Å²) in [5.74, 6) is 0.356. The van der Waals surface area contributed by atoms with E-state index < -0.39 is 0 Å². The highest BCUT2D eigenvalue weighted by atomic mass is 35.5. The Labute approximate surface area is 97.9 Å². The van der Waals surface area contributed by atoms with E-state index in [0.717, 1.165) is 19.5 Å². The minimum absolute atomic E-state index is 0. The van der Waals surface area contributed by atoms with Crippen LogP contribution in [-0.2, 0) is 4.79 Å². The summed E-state index contributed by atoms with van der Waals surface area (Å²) >= 11 is 1.46. The van der Waals surface area contributed by atoms with Crippen LogP contribution in [0, 0.1) is 11.3 Å². The van der Waals surface area contributed by atoms with Crippen molar-refractivity contribution in [2.24, 2.45) is 11.3 Å². The van der Waals surface area contributed by atoms with Crippen molar-refractivity contribution in [3.8, 4) is 0 Å². The van der Waals surface area contributed by atoms with Gasteiger partial charge in [0.1, 0.15) is 0 Å². The van der Waals surface area contributed by atoms with Crippen molar-refractivity contribution in [1.82, 2.24) is 10.3 Å². The van der Waals surface area contributed by atoms with Crippen LogP contribution in [0.3, 0.4) is 0 Å². The van der Waals surface area contributed by atoms with Gasteiger partial charge in [0.25, 0.3) is 0 Å². The predicted octanol–water partition coefficient (Wildman–Crippen LogP) is 1.11. The van der Waals surface area contributed by atoms with E-state index in [9.17, 15) is 4.79 Å². The van der Waals surface area contributed by atoms with Crippen molar-refractivity contribution in [3.63, 3.8) is 0 Å². The van der Waals surface area contributed by atoms with Gasteiger partial charge in [0, 0.05) is 36.0 Å². The number of aromatic nitrogens is 1. The van der Waals surface area contributed by atoms with Gasteiger partial charge in [-0.05, 0) is 6.42 Å². The summed E-state index contributed by atoms with van der Waals surface area (Å²) in [5.41, 5.74) is 0.307. The van der Waals surface area contributed by atoms with Gasteiger partial charge in [0.2, 0.25) is 5.91 Å². The van der Waals surface area contributed by atoms with Gasteiger partial charge in [-0.25, -0.2) is 4.98 Å². The van der Waals surface area contributed by atoms with Crippen molar-refractivity contribution in [2.75, 3.05) is 18.4 Å². The van der Waals surface area contributed by atoms with Gasteiger partial charge in [-0.1, -0.05) is 0 Å². The molecule has 1 unspecified atom stereocenters. The summed E-state index contributed by atoms with van der Waals surface area (Å²) < 4.78 is 0. The van der Waals surface area contributed by atoms with Gasteiger partial charge in [-0.2, -0.15) is 0 Å². The fourth-order valence-corrected chi connectivity index (χ4v) is 2.56. The molecular formula is C9H12ClN3OS. The number of carbonyl (C=O) groups is 1. The quantitative estimate of drug-likeness (QED) is 0.821. The summed E-state index contributed by atoms with van der Waals surface area (Å²) in [4.78, 5) is 15.7. The summed E-state index contributed by atoms with van der Waals surface area (Å²) in [5, 5.41) is 8.64. The lowest BCUT2D eigenvalue weighted by Gasteiger charge is -2.27. The molecule has 6 heteroatoms. The van der Waals surface area contributed by atoms with E-state index in [2.05, 4.69) is 15.6 Å². The van der Waals surface area contributed by atoms with Crippen LogP contribution in [0.25, 0.3) is 0 Å². The Bertz CT molecular complexity index is 363. The maximum absolute atomic E-state index is 11.7. The maximum atomic E-state index is 11.7. The molecule has 1 saturated carbocycles. The molecule has 1 spiro atoms. The van der Waals surface area contributed by atoms with E-state index in [0.29, 0.717) is 10.5 Å². The minimum atomic E-state index is 0. The van der Waals surface area contributed by atoms with Crippen molar-refractivity contribution in [3.05, 3.63) is 11.6 Å². The van der Waals surface area contributed by atoms with E-state index in [1.54, 1.807) is 6.20 Å². The van der Waals surface area contributed by atoms with Crippen LogP contribution >= 0.6 is 23.7 Å². The zero-order valence-electron chi connectivity index (χ0n) is 8.03. The lowest BCUT2D eigenvalue weighted by Crippen LogP contribution is -2.46. The molecule has 2 aliphatic rings. The molecule has 0 radical (unpaired) electrons. The number of hydrogen-bond acceptors (Lipinski definition) is 4. The fourth-order valence-electron chi connectivity index (χ4n) is 2.03. The molecule has 2 N–H and O–H groups in total. The van der Waals surface area contributed by atoms with E-state index in [1.165, 1.54) is 11.3 Å². The molecule has 0 aromatic carbocycles. The number of carbonyl (C=O) groups excluding carboxylic acids is 1. The number of nitrogens with one attached hydrogen (secondary N) is 2. The highest BCUT2D eigenvalue weighted by molar-refractivity contribution is 7.13. The lowest BCUT2D eigenvalue weighted by molar-refractivity contribution is -0.118. The average Bonchev–Trinajstić information content (AvgIpc) is 2.71. The molecule has 2 heterocycles.